The van der Waals surface area contributed by atoms with Gasteiger partial charge in [0.05, 0.1) is 19.8 Å². The number of nitrogens with zero attached hydrogens (tertiary/aromatic N) is 1. The number of rotatable bonds is 7. The van der Waals surface area contributed by atoms with Gasteiger partial charge in [-0.2, -0.15) is 0 Å². The van der Waals surface area contributed by atoms with Gasteiger partial charge in [-0.15, -0.1) is 0 Å². The molecule has 0 saturated carbocycles. The third kappa shape index (κ3) is 7.25. The van der Waals surface area contributed by atoms with Crippen LogP contribution in [0.25, 0.3) is 0 Å². The standard InChI is InChI=1S/C17H26N4O3S/c1-2-24-15-6-4-14(5-7-15)16(22)19-20-17(25)18-8-3-9-21-10-12-23-13-11-21/h4-7H,2-3,8-13H2,1H3,(H,19,22)(H2,18,20,25). The van der Waals surface area contributed by atoms with Crippen LogP contribution in [-0.4, -0.2) is 61.9 Å². The number of thiocarbonyl (C=S) groups is 1. The van der Waals surface area contributed by atoms with Crippen LogP contribution in [0.1, 0.15) is 23.7 Å². The fourth-order valence-electron chi connectivity index (χ4n) is 2.43. The Kier molecular flexibility index (Phi) is 8.44. The van der Waals surface area contributed by atoms with Gasteiger partial charge in [-0.1, -0.05) is 0 Å². The van der Waals surface area contributed by atoms with E-state index in [9.17, 15) is 4.79 Å². The lowest BCUT2D eigenvalue weighted by atomic mass is 10.2. The summed E-state index contributed by atoms with van der Waals surface area (Å²) in [6.07, 6.45) is 0.981. The van der Waals surface area contributed by atoms with E-state index in [2.05, 4.69) is 21.1 Å². The van der Waals surface area contributed by atoms with E-state index >= 15 is 0 Å². The van der Waals surface area contributed by atoms with E-state index in [-0.39, 0.29) is 5.91 Å². The number of carbonyl (C=O) groups excluding carboxylic acids is 1. The third-order valence-corrected chi connectivity index (χ3v) is 4.00. The third-order valence-electron chi connectivity index (χ3n) is 3.76. The second-order valence-corrected chi connectivity index (χ2v) is 6.01. The minimum Gasteiger partial charge on any atom is -0.494 e. The number of nitrogens with one attached hydrogen (secondary N) is 3. The van der Waals surface area contributed by atoms with Crippen LogP contribution in [0, 0.1) is 0 Å². The summed E-state index contributed by atoms with van der Waals surface area (Å²) < 4.78 is 10.7. The Labute approximate surface area is 154 Å². The molecule has 138 valence electrons. The summed E-state index contributed by atoms with van der Waals surface area (Å²) in [6.45, 7) is 7.87. The zero-order valence-corrected chi connectivity index (χ0v) is 15.4. The molecule has 2 rings (SSSR count). The maximum atomic E-state index is 12.0. The lowest BCUT2D eigenvalue weighted by molar-refractivity contribution is 0.0376. The monoisotopic (exact) mass is 366 g/mol. The van der Waals surface area contributed by atoms with Crippen LogP contribution in [0.15, 0.2) is 24.3 Å². The molecule has 1 fully saturated rings. The highest BCUT2D eigenvalue weighted by Crippen LogP contribution is 2.11. The summed E-state index contributed by atoms with van der Waals surface area (Å²) in [5, 5.41) is 3.49. The van der Waals surface area contributed by atoms with Crippen molar-refractivity contribution in [3.05, 3.63) is 29.8 Å². The molecule has 1 aliphatic rings. The van der Waals surface area contributed by atoms with Crippen molar-refractivity contribution in [2.24, 2.45) is 0 Å². The van der Waals surface area contributed by atoms with E-state index < -0.39 is 0 Å². The van der Waals surface area contributed by atoms with Crippen molar-refractivity contribution < 1.29 is 14.3 Å². The number of morpholine rings is 1. The molecule has 7 nitrogen and oxygen atoms in total. The molecule has 0 aromatic heterocycles. The second kappa shape index (κ2) is 10.9. The Morgan fingerprint density at radius 2 is 1.96 bits per heavy atom. The molecule has 0 unspecified atom stereocenters. The molecule has 0 radical (unpaired) electrons. The van der Waals surface area contributed by atoms with Crippen LogP contribution >= 0.6 is 12.2 Å². The number of amides is 1. The van der Waals surface area contributed by atoms with Crippen molar-refractivity contribution >= 4 is 23.2 Å². The Hall–Kier alpha value is -1.90. The quantitative estimate of drug-likeness (QED) is 0.376. The Bertz CT molecular complexity index is 547. The first-order valence-corrected chi connectivity index (χ1v) is 8.97. The maximum Gasteiger partial charge on any atom is 0.269 e. The topological polar surface area (TPSA) is 74.9 Å². The maximum absolute atomic E-state index is 12.0. The lowest BCUT2D eigenvalue weighted by Gasteiger charge is -2.26. The molecule has 1 aliphatic heterocycles. The van der Waals surface area contributed by atoms with Gasteiger partial charge in [0, 0.05) is 25.2 Å². The molecule has 1 saturated heterocycles. The molecule has 1 heterocycles. The molecule has 0 bridgehead atoms. The van der Waals surface area contributed by atoms with E-state index in [0.29, 0.717) is 17.3 Å². The summed E-state index contributed by atoms with van der Waals surface area (Å²) in [6, 6.07) is 6.95. The Morgan fingerprint density at radius 1 is 1.24 bits per heavy atom. The van der Waals surface area contributed by atoms with Crippen LogP contribution in [0.2, 0.25) is 0 Å². The zero-order valence-electron chi connectivity index (χ0n) is 14.5. The van der Waals surface area contributed by atoms with Crippen LogP contribution < -0.4 is 20.9 Å². The van der Waals surface area contributed by atoms with E-state index in [0.717, 1.165) is 51.6 Å². The first kappa shape index (κ1) is 19.4. The molecular formula is C17H26N4O3S. The van der Waals surface area contributed by atoms with Crippen molar-refractivity contribution in [3.63, 3.8) is 0 Å². The Morgan fingerprint density at radius 3 is 2.64 bits per heavy atom. The van der Waals surface area contributed by atoms with Gasteiger partial charge in [0.2, 0.25) is 0 Å². The Balaban J connectivity index is 1.59. The molecule has 8 heteroatoms. The first-order valence-electron chi connectivity index (χ1n) is 8.56. The largest absolute Gasteiger partial charge is 0.494 e. The normalized spacial score (nSPS) is 14.6. The summed E-state index contributed by atoms with van der Waals surface area (Å²) in [5.41, 5.74) is 5.83. The van der Waals surface area contributed by atoms with E-state index in [1.54, 1.807) is 24.3 Å². The SMILES string of the molecule is CCOc1ccc(C(=O)NNC(=S)NCCCN2CCOCC2)cc1. The molecule has 0 aliphatic carbocycles. The summed E-state index contributed by atoms with van der Waals surface area (Å²) in [4.78, 5) is 14.4. The predicted molar refractivity (Wildman–Crippen MR) is 101 cm³/mol. The molecule has 1 aromatic carbocycles. The van der Waals surface area contributed by atoms with Crippen molar-refractivity contribution in [2.75, 3.05) is 46.0 Å². The number of hydrazine groups is 1. The fourth-order valence-corrected chi connectivity index (χ4v) is 2.58. The van der Waals surface area contributed by atoms with Gasteiger partial charge in [-0.25, -0.2) is 0 Å². The van der Waals surface area contributed by atoms with Crippen molar-refractivity contribution in [2.45, 2.75) is 13.3 Å². The number of carbonyl (C=O) groups is 1. The van der Waals surface area contributed by atoms with Gasteiger partial charge in [-0.05, 0) is 56.4 Å². The van der Waals surface area contributed by atoms with Crippen LogP contribution in [-0.2, 0) is 4.74 Å². The second-order valence-electron chi connectivity index (χ2n) is 5.60. The van der Waals surface area contributed by atoms with Gasteiger partial charge in [0.25, 0.3) is 5.91 Å². The minimum atomic E-state index is -0.250. The molecule has 25 heavy (non-hydrogen) atoms. The molecule has 1 aromatic rings. The molecule has 0 atom stereocenters. The molecular weight excluding hydrogens is 340 g/mol. The predicted octanol–water partition coefficient (Wildman–Crippen LogP) is 0.917. The van der Waals surface area contributed by atoms with E-state index in [4.69, 9.17) is 21.7 Å². The zero-order chi connectivity index (χ0) is 17.9. The van der Waals surface area contributed by atoms with Crippen LogP contribution in [0.5, 0.6) is 5.75 Å². The highest BCUT2D eigenvalue weighted by Gasteiger charge is 2.09. The number of hydrogen-bond acceptors (Lipinski definition) is 5. The van der Waals surface area contributed by atoms with Crippen molar-refractivity contribution in [1.82, 2.24) is 21.1 Å². The average Bonchev–Trinajstić information content (AvgIpc) is 2.65. The molecule has 1 amide bonds. The highest BCUT2D eigenvalue weighted by atomic mass is 32.1. The van der Waals surface area contributed by atoms with Gasteiger partial charge in [0.15, 0.2) is 5.11 Å². The van der Waals surface area contributed by atoms with Crippen LogP contribution in [0.3, 0.4) is 0 Å². The highest BCUT2D eigenvalue weighted by molar-refractivity contribution is 7.80. The average molecular weight is 366 g/mol. The smallest absolute Gasteiger partial charge is 0.269 e. The summed E-state index contributed by atoms with van der Waals surface area (Å²) >= 11 is 5.16. The summed E-state index contributed by atoms with van der Waals surface area (Å²) in [7, 11) is 0. The number of benzene rings is 1. The molecule has 0 spiro atoms. The van der Waals surface area contributed by atoms with Crippen LogP contribution in [0.4, 0.5) is 0 Å². The van der Waals surface area contributed by atoms with Gasteiger partial charge in [-0.3, -0.25) is 20.5 Å². The fraction of sp³-hybridized carbons (Fsp3) is 0.529. The van der Waals surface area contributed by atoms with Crippen molar-refractivity contribution in [3.8, 4) is 5.75 Å². The van der Waals surface area contributed by atoms with E-state index in [1.165, 1.54) is 0 Å². The first-order chi connectivity index (χ1) is 12.2. The number of hydrogen-bond donors (Lipinski definition) is 3. The summed E-state index contributed by atoms with van der Waals surface area (Å²) in [5.74, 6) is 0.491. The lowest BCUT2D eigenvalue weighted by Crippen LogP contribution is -2.47. The van der Waals surface area contributed by atoms with Gasteiger partial charge >= 0.3 is 0 Å². The van der Waals surface area contributed by atoms with Crippen molar-refractivity contribution in [1.29, 1.82) is 0 Å². The van der Waals surface area contributed by atoms with Gasteiger partial charge in [0.1, 0.15) is 5.75 Å². The molecule has 3 N–H and O–H groups in total. The minimum absolute atomic E-state index is 0.250. The van der Waals surface area contributed by atoms with Gasteiger partial charge < -0.3 is 14.8 Å². The van der Waals surface area contributed by atoms with E-state index in [1.807, 2.05) is 6.92 Å². The number of ether oxygens (including phenoxy) is 2.